The van der Waals surface area contributed by atoms with Gasteiger partial charge in [0, 0.05) is 6.61 Å². The van der Waals surface area contributed by atoms with Crippen molar-refractivity contribution in [1.82, 2.24) is 19.5 Å². The van der Waals surface area contributed by atoms with Crippen molar-refractivity contribution in [3.63, 3.8) is 0 Å². The lowest BCUT2D eigenvalue weighted by molar-refractivity contribution is -0.0298. The van der Waals surface area contributed by atoms with Gasteiger partial charge in [-0.15, -0.1) is 0 Å². The topological polar surface area (TPSA) is 64.9 Å². The molecule has 1 aromatic carbocycles. The fraction of sp³-hybridized carbons (Fsp3) is 0.353. The molecule has 0 spiro atoms. The molecule has 1 atom stereocenters. The molecule has 1 fully saturated rings. The Bertz CT molecular complexity index is 894. The van der Waals surface area contributed by atoms with E-state index in [-0.39, 0.29) is 12.0 Å². The quantitative estimate of drug-likeness (QED) is 0.558. The molecule has 0 amide bonds. The number of nitrogens with one attached hydrogen (secondary N) is 1. The number of para-hydroxylation sites is 1. The number of aromatic nitrogens is 4. The van der Waals surface area contributed by atoms with Crippen LogP contribution in [0.2, 0.25) is 0 Å². The molecular weight excluding hydrogens is 341 g/mol. The van der Waals surface area contributed by atoms with Crippen LogP contribution in [0.25, 0.3) is 11.2 Å². The minimum atomic E-state index is -0.338. The van der Waals surface area contributed by atoms with Crippen molar-refractivity contribution in [3.8, 4) is 0 Å². The van der Waals surface area contributed by atoms with Crippen LogP contribution in [-0.4, -0.2) is 32.4 Å². The second kappa shape index (κ2) is 6.97. The minimum Gasteiger partial charge on any atom is -0.358 e. The molecule has 0 aliphatic carbocycles. The molecule has 8 heteroatoms. The fourth-order valence-corrected chi connectivity index (χ4v) is 3.28. The molecule has 3 aromatic rings. The van der Waals surface area contributed by atoms with Crippen molar-refractivity contribution in [1.29, 1.82) is 0 Å². The van der Waals surface area contributed by atoms with E-state index < -0.39 is 0 Å². The summed E-state index contributed by atoms with van der Waals surface area (Å²) in [5, 5.41) is 3.65. The molecule has 6 nitrogen and oxygen atoms in total. The maximum Gasteiger partial charge on any atom is 0.191 e. The zero-order valence-corrected chi connectivity index (χ0v) is 14.6. The van der Waals surface area contributed by atoms with Crippen LogP contribution in [0, 0.1) is 5.82 Å². The zero-order valence-electron chi connectivity index (χ0n) is 13.8. The molecule has 3 heterocycles. The summed E-state index contributed by atoms with van der Waals surface area (Å²) in [6.07, 6.45) is 6.70. The first-order valence-electron chi connectivity index (χ1n) is 8.18. The molecule has 1 aliphatic rings. The van der Waals surface area contributed by atoms with E-state index in [1.165, 1.54) is 17.8 Å². The van der Waals surface area contributed by atoms with E-state index in [2.05, 4.69) is 20.3 Å². The lowest BCUT2D eigenvalue weighted by Crippen LogP contribution is -2.17. The van der Waals surface area contributed by atoms with Crippen LogP contribution in [0.3, 0.4) is 0 Å². The molecule has 0 bridgehead atoms. The number of hydrogen-bond donors (Lipinski definition) is 1. The molecule has 0 radical (unpaired) electrons. The number of thioether (sulfide) groups is 1. The first-order valence-corrected chi connectivity index (χ1v) is 9.40. The van der Waals surface area contributed by atoms with Gasteiger partial charge in [-0.05, 0) is 37.7 Å². The summed E-state index contributed by atoms with van der Waals surface area (Å²) < 4.78 is 21.8. The van der Waals surface area contributed by atoms with E-state index in [0.717, 1.165) is 25.9 Å². The van der Waals surface area contributed by atoms with Crippen LogP contribution >= 0.6 is 11.8 Å². The molecule has 1 aliphatic heterocycles. The second-order valence-electron chi connectivity index (χ2n) is 5.81. The van der Waals surface area contributed by atoms with Gasteiger partial charge in [0.2, 0.25) is 0 Å². The van der Waals surface area contributed by atoms with E-state index in [4.69, 9.17) is 4.74 Å². The van der Waals surface area contributed by atoms with E-state index in [1.54, 1.807) is 24.5 Å². The van der Waals surface area contributed by atoms with Crippen LogP contribution in [0.5, 0.6) is 0 Å². The molecule has 0 saturated carbocycles. The average molecular weight is 359 g/mol. The second-order valence-corrected chi connectivity index (χ2v) is 6.58. The Kier molecular flexibility index (Phi) is 4.54. The Morgan fingerprint density at radius 3 is 2.92 bits per heavy atom. The highest BCUT2D eigenvalue weighted by molar-refractivity contribution is 7.98. The predicted octanol–water partition coefficient (Wildman–Crippen LogP) is 4.13. The number of ether oxygens (including phenoxy) is 1. The fourth-order valence-electron chi connectivity index (χ4n) is 2.92. The van der Waals surface area contributed by atoms with Crippen molar-refractivity contribution in [3.05, 3.63) is 36.4 Å². The average Bonchev–Trinajstić information content (AvgIpc) is 3.08. The Balaban J connectivity index is 1.78. The molecule has 130 valence electrons. The first kappa shape index (κ1) is 16.3. The highest BCUT2D eigenvalue weighted by Gasteiger charge is 2.21. The van der Waals surface area contributed by atoms with Gasteiger partial charge in [-0.25, -0.2) is 19.3 Å². The number of rotatable bonds is 4. The molecule has 1 N–H and O–H groups in total. The number of halogens is 1. The summed E-state index contributed by atoms with van der Waals surface area (Å²) in [4.78, 5) is 13.5. The van der Waals surface area contributed by atoms with Crippen molar-refractivity contribution in [2.24, 2.45) is 0 Å². The van der Waals surface area contributed by atoms with Crippen molar-refractivity contribution < 1.29 is 9.13 Å². The smallest absolute Gasteiger partial charge is 0.191 e. The standard InChI is InChI=1S/C17H18FN5OS/c1-25-17-21-15(20-12-7-3-2-6-11(12)18)14-16(22-17)23(10-19-14)13-8-4-5-9-24-13/h2-3,6-7,10,13H,4-5,8-9H2,1H3,(H,20,21,22). The normalized spacial score (nSPS) is 17.8. The van der Waals surface area contributed by atoms with Gasteiger partial charge in [0.15, 0.2) is 22.1 Å². The zero-order chi connectivity index (χ0) is 17.2. The van der Waals surface area contributed by atoms with E-state index in [0.29, 0.717) is 27.8 Å². The van der Waals surface area contributed by atoms with Crippen LogP contribution in [0.15, 0.2) is 35.7 Å². The highest BCUT2D eigenvalue weighted by Crippen LogP contribution is 2.30. The van der Waals surface area contributed by atoms with Gasteiger partial charge in [0.1, 0.15) is 12.0 Å². The van der Waals surface area contributed by atoms with Gasteiger partial charge in [-0.3, -0.25) is 4.57 Å². The van der Waals surface area contributed by atoms with Crippen LogP contribution in [-0.2, 0) is 4.74 Å². The number of fused-ring (bicyclic) bond motifs is 1. The molecular formula is C17H18FN5OS. The lowest BCUT2D eigenvalue weighted by Gasteiger charge is -2.23. The van der Waals surface area contributed by atoms with Crippen molar-refractivity contribution >= 4 is 34.4 Å². The Labute approximate surface area is 148 Å². The van der Waals surface area contributed by atoms with Crippen molar-refractivity contribution in [2.45, 2.75) is 30.6 Å². The highest BCUT2D eigenvalue weighted by atomic mass is 32.2. The Morgan fingerprint density at radius 1 is 1.28 bits per heavy atom. The summed E-state index contributed by atoms with van der Waals surface area (Å²) in [5.74, 6) is 0.156. The van der Waals surface area contributed by atoms with Crippen LogP contribution < -0.4 is 5.32 Å². The number of benzene rings is 1. The Hall–Kier alpha value is -2.19. The van der Waals surface area contributed by atoms with Crippen LogP contribution in [0.4, 0.5) is 15.9 Å². The number of hydrogen-bond acceptors (Lipinski definition) is 6. The summed E-state index contributed by atoms with van der Waals surface area (Å²) in [5.41, 5.74) is 1.67. The summed E-state index contributed by atoms with van der Waals surface area (Å²) in [7, 11) is 0. The van der Waals surface area contributed by atoms with E-state index in [1.807, 2.05) is 10.8 Å². The van der Waals surface area contributed by atoms with E-state index >= 15 is 0 Å². The van der Waals surface area contributed by atoms with Crippen molar-refractivity contribution in [2.75, 3.05) is 18.2 Å². The largest absolute Gasteiger partial charge is 0.358 e. The van der Waals surface area contributed by atoms with Gasteiger partial charge in [-0.2, -0.15) is 0 Å². The first-order chi connectivity index (χ1) is 12.3. The van der Waals surface area contributed by atoms with E-state index in [9.17, 15) is 4.39 Å². The Morgan fingerprint density at radius 2 is 2.16 bits per heavy atom. The van der Waals surface area contributed by atoms with Crippen LogP contribution in [0.1, 0.15) is 25.5 Å². The molecule has 25 heavy (non-hydrogen) atoms. The van der Waals surface area contributed by atoms with Gasteiger partial charge in [0.05, 0.1) is 12.0 Å². The van der Waals surface area contributed by atoms with Gasteiger partial charge < -0.3 is 10.1 Å². The molecule has 1 saturated heterocycles. The summed E-state index contributed by atoms with van der Waals surface area (Å²) in [6.45, 7) is 0.741. The third-order valence-electron chi connectivity index (χ3n) is 4.18. The third kappa shape index (κ3) is 3.19. The van der Waals surface area contributed by atoms with Gasteiger partial charge >= 0.3 is 0 Å². The molecule has 2 aromatic heterocycles. The predicted molar refractivity (Wildman–Crippen MR) is 95.6 cm³/mol. The number of imidazole rings is 1. The third-order valence-corrected chi connectivity index (χ3v) is 4.72. The maximum atomic E-state index is 14.0. The monoisotopic (exact) mass is 359 g/mol. The molecule has 4 rings (SSSR count). The number of nitrogens with zero attached hydrogens (tertiary/aromatic N) is 4. The maximum absolute atomic E-state index is 14.0. The SMILES string of the molecule is CSc1nc(Nc2ccccc2F)c2ncn(C3CCCCO3)c2n1. The van der Waals surface area contributed by atoms with Gasteiger partial charge in [-0.1, -0.05) is 23.9 Å². The van der Waals surface area contributed by atoms with Gasteiger partial charge in [0.25, 0.3) is 0 Å². The summed E-state index contributed by atoms with van der Waals surface area (Å²) in [6, 6.07) is 6.50. The lowest BCUT2D eigenvalue weighted by atomic mass is 10.2. The molecule has 1 unspecified atom stereocenters. The summed E-state index contributed by atoms with van der Waals surface area (Å²) >= 11 is 1.43. The minimum absolute atomic E-state index is 0.0651. The number of anilines is 2.